The average Bonchev–Trinajstić information content (AvgIpc) is 2.41. The Morgan fingerprint density at radius 2 is 1.89 bits per heavy atom. The molecule has 1 aromatic rings. The summed E-state index contributed by atoms with van der Waals surface area (Å²) in [6.07, 6.45) is 3.74. The summed E-state index contributed by atoms with van der Waals surface area (Å²) in [5, 5.41) is 1.05. The minimum atomic E-state index is -0.189. The smallest absolute Gasteiger partial charge is 0.310 e. The standard InChI is InChI=1S/C15H21BrO3/c1-2-18-15(17)12-13-6-8-14(9-7-13)19-11-5-3-4-10-16/h6-9H,2-5,10-12H2,1H3. The van der Waals surface area contributed by atoms with Gasteiger partial charge in [-0.05, 0) is 43.9 Å². The van der Waals surface area contributed by atoms with Gasteiger partial charge in [-0.15, -0.1) is 0 Å². The van der Waals surface area contributed by atoms with Gasteiger partial charge in [0.1, 0.15) is 5.75 Å². The van der Waals surface area contributed by atoms with E-state index in [1.807, 2.05) is 31.2 Å². The molecule has 0 amide bonds. The summed E-state index contributed by atoms with van der Waals surface area (Å²) in [5.41, 5.74) is 0.949. The van der Waals surface area contributed by atoms with Crippen LogP contribution in [0.4, 0.5) is 0 Å². The van der Waals surface area contributed by atoms with Gasteiger partial charge in [0, 0.05) is 5.33 Å². The molecule has 19 heavy (non-hydrogen) atoms. The molecule has 0 spiro atoms. The second kappa shape index (κ2) is 9.84. The van der Waals surface area contributed by atoms with E-state index >= 15 is 0 Å². The molecule has 0 atom stereocenters. The van der Waals surface area contributed by atoms with E-state index in [-0.39, 0.29) is 5.97 Å². The zero-order valence-corrected chi connectivity index (χ0v) is 12.9. The van der Waals surface area contributed by atoms with Crippen molar-refractivity contribution in [1.29, 1.82) is 0 Å². The fraction of sp³-hybridized carbons (Fsp3) is 0.533. The van der Waals surface area contributed by atoms with Crippen LogP contribution in [0, 0.1) is 0 Å². The van der Waals surface area contributed by atoms with Gasteiger partial charge in [0.05, 0.1) is 19.6 Å². The summed E-state index contributed by atoms with van der Waals surface area (Å²) < 4.78 is 10.5. The topological polar surface area (TPSA) is 35.5 Å². The summed E-state index contributed by atoms with van der Waals surface area (Å²) in [6.45, 7) is 2.98. The first kappa shape index (κ1) is 16.0. The third kappa shape index (κ3) is 7.21. The summed E-state index contributed by atoms with van der Waals surface area (Å²) in [7, 11) is 0. The number of hydrogen-bond acceptors (Lipinski definition) is 3. The highest BCUT2D eigenvalue weighted by Crippen LogP contribution is 2.13. The second-order valence-electron chi connectivity index (χ2n) is 4.22. The summed E-state index contributed by atoms with van der Waals surface area (Å²) >= 11 is 3.41. The molecule has 0 aliphatic carbocycles. The Morgan fingerprint density at radius 3 is 2.53 bits per heavy atom. The lowest BCUT2D eigenvalue weighted by Crippen LogP contribution is -2.07. The number of benzene rings is 1. The van der Waals surface area contributed by atoms with E-state index in [1.54, 1.807) is 0 Å². The Hall–Kier alpha value is -1.03. The number of halogens is 1. The molecule has 0 aliphatic rings. The summed E-state index contributed by atoms with van der Waals surface area (Å²) in [6, 6.07) is 7.62. The molecule has 0 fully saturated rings. The molecule has 0 aliphatic heterocycles. The number of esters is 1. The first-order valence-electron chi connectivity index (χ1n) is 6.69. The average molecular weight is 329 g/mol. The molecule has 0 radical (unpaired) electrons. The van der Waals surface area contributed by atoms with Crippen molar-refractivity contribution < 1.29 is 14.3 Å². The van der Waals surface area contributed by atoms with Crippen molar-refractivity contribution in [3.63, 3.8) is 0 Å². The molecule has 3 nitrogen and oxygen atoms in total. The monoisotopic (exact) mass is 328 g/mol. The van der Waals surface area contributed by atoms with E-state index in [2.05, 4.69) is 15.9 Å². The lowest BCUT2D eigenvalue weighted by molar-refractivity contribution is -0.142. The number of unbranched alkanes of at least 4 members (excludes halogenated alkanes) is 2. The molecule has 4 heteroatoms. The van der Waals surface area contributed by atoms with Crippen molar-refractivity contribution in [3.05, 3.63) is 29.8 Å². The van der Waals surface area contributed by atoms with Crippen LogP contribution in [-0.2, 0) is 16.0 Å². The number of ether oxygens (including phenoxy) is 2. The highest BCUT2D eigenvalue weighted by molar-refractivity contribution is 9.09. The number of carbonyl (C=O) groups is 1. The third-order valence-corrected chi connectivity index (χ3v) is 3.18. The van der Waals surface area contributed by atoms with Crippen LogP contribution in [0.5, 0.6) is 5.75 Å². The molecule has 1 rings (SSSR count). The van der Waals surface area contributed by atoms with Crippen LogP contribution in [0.2, 0.25) is 0 Å². The van der Waals surface area contributed by atoms with Gasteiger partial charge in [0.15, 0.2) is 0 Å². The molecule has 0 aromatic heterocycles. The van der Waals surface area contributed by atoms with Crippen LogP contribution >= 0.6 is 15.9 Å². The van der Waals surface area contributed by atoms with Gasteiger partial charge in [-0.1, -0.05) is 28.1 Å². The Balaban J connectivity index is 2.29. The Bertz CT molecular complexity index is 362. The van der Waals surface area contributed by atoms with Gasteiger partial charge >= 0.3 is 5.97 Å². The van der Waals surface area contributed by atoms with Gasteiger partial charge in [0.2, 0.25) is 0 Å². The molecular formula is C15H21BrO3. The maximum Gasteiger partial charge on any atom is 0.310 e. The van der Waals surface area contributed by atoms with Gasteiger partial charge in [-0.3, -0.25) is 4.79 Å². The normalized spacial score (nSPS) is 10.2. The lowest BCUT2D eigenvalue weighted by Gasteiger charge is -2.07. The molecule has 0 unspecified atom stereocenters. The van der Waals surface area contributed by atoms with E-state index < -0.39 is 0 Å². The van der Waals surface area contributed by atoms with E-state index in [4.69, 9.17) is 9.47 Å². The lowest BCUT2D eigenvalue weighted by atomic mass is 10.1. The molecule has 106 valence electrons. The Labute approximate surface area is 123 Å². The van der Waals surface area contributed by atoms with Crippen molar-refractivity contribution in [2.45, 2.75) is 32.6 Å². The first-order chi connectivity index (χ1) is 9.26. The molecule has 0 saturated carbocycles. The number of rotatable bonds is 9. The fourth-order valence-corrected chi connectivity index (χ4v) is 2.04. The van der Waals surface area contributed by atoms with Crippen LogP contribution in [0.1, 0.15) is 31.7 Å². The Kier molecular flexibility index (Phi) is 8.30. The summed E-state index contributed by atoms with van der Waals surface area (Å²) in [5.74, 6) is 0.664. The minimum absolute atomic E-state index is 0.189. The van der Waals surface area contributed by atoms with E-state index in [9.17, 15) is 4.79 Å². The maximum atomic E-state index is 11.3. The SMILES string of the molecule is CCOC(=O)Cc1ccc(OCCCCCBr)cc1. The largest absolute Gasteiger partial charge is 0.494 e. The second-order valence-corrected chi connectivity index (χ2v) is 5.02. The number of alkyl halides is 1. The minimum Gasteiger partial charge on any atom is -0.494 e. The quantitative estimate of drug-likeness (QED) is 0.393. The van der Waals surface area contributed by atoms with Gasteiger partial charge in [0.25, 0.3) is 0 Å². The molecule has 0 N–H and O–H groups in total. The van der Waals surface area contributed by atoms with Crippen molar-refractivity contribution in [1.82, 2.24) is 0 Å². The first-order valence-corrected chi connectivity index (χ1v) is 7.81. The van der Waals surface area contributed by atoms with E-state index in [0.717, 1.165) is 29.7 Å². The van der Waals surface area contributed by atoms with Gasteiger partial charge in [-0.25, -0.2) is 0 Å². The zero-order valence-electron chi connectivity index (χ0n) is 11.4. The Morgan fingerprint density at radius 1 is 1.16 bits per heavy atom. The van der Waals surface area contributed by atoms with E-state index in [1.165, 1.54) is 12.8 Å². The zero-order chi connectivity index (χ0) is 13.9. The van der Waals surface area contributed by atoms with Crippen LogP contribution in [0.3, 0.4) is 0 Å². The molecular weight excluding hydrogens is 308 g/mol. The molecule has 1 aromatic carbocycles. The van der Waals surface area contributed by atoms with Crippen molar-refractivity contribution in [2.75, 3.05) is 18.5 Å². The van der Waals surface area contributed by atoms with Gasteiger partial charge < -0.3 is 9.47 Å². The highest BCUT2D eigenvalue weighted by Gasteiger charge is 2.03. The van der Waals surface area contributed by atoms with Gasteiger partial charge in [-0.2, -0.15) is 0 Å². The predicted molar refractivity (Wildman–Crippen MR) is 79.9 cm³/mol. The molecule has 0 heterocycles. The van der Waals surface area contributed by atoms with Crippen LogP contribution < -0.4 is 4.74 Å². The predicted octanol–water partition coefficient (Wildman–Crippen LogP) is 3.74. The van der Waals surface area contributed by atoms with E-state index in [0.29, 0.717) is 13.0 Å². The highest BCUT2D eigenvalue weighted by atomic mass is 79.9. The van der Waals surface area contributed by atoms with Crippen molar-refractivity contribution >= 4 is 21.9 Å². The van der Waals surface area contributed by atoms with Crippen LogP contribution in [0.25, 0.3) is 0 Å². The van der Waals surface area contributed by atoms with Crippen LogP contribution in [-0.4, -0.2) is 24.5 Å². The van der Waals surface area contributed by atoms with Crippen molar-refractivity contribution in [3.8, 4) is 5.75 Å². The number of hydrogen-bond donors (Lipinski definition) is 0. The molecule has 0 saturated heterocycles. The van der Waals surface area contributed by atoms with Crippen molar-refractivity contribution in [2.24, 2.45) is 0 Å². The molecule has 0 bridgehead atoms. The third-order valence-electron chi connectivity index (χ3n) is 2.62. The number of carbonyl (C=O) groups excluding carboxylic acids is 1. The van der Waals surface area contributed by atoms with Crippen LogP contribution in [0.15, 0.2) is 24.3 Å². The summed E-state index contributed by atoms with van der Waals surface area (Å²) in [4.78, 5) is 11.3. The fourth-order valence-electron chi connectivity index (χ4n) is 1.65. The maximum absolute atomic E-state index is 11.3.